The summed E-state index contributed by atoms with van der Waals surface area (Å²) in [6.45, 7) is 2.91. The van der Waals surface area contributed by atoms with Gasteiger partial charge in [0.05, 0.1) is 0 Å². The third-order valence-electron chi connectivity index (χ3n) is 2.82. The van der Waals surface area contributed by atoms with Crippen molar-refractivity contribution < 1.29 is 4.79 Å². The number of pyridine rings is 2. The molecule has 2 aromatic heterocycles. The SMILES string of the molecule is CCCNc1cccc(C(=O)N(C)c2ccccn2)n1. The summed E-state index contributed by atoms with van der Waals surface area (Å²) in [5.74, 6) is 1.14. The van der Waals surface area contributed by atoms with E-state index in [1.807, 2.05) is 24.3 Å². The summed E-state index contributed by atoms with van der Waals surface area (Å²) >= 11 is 0. The van der Waals surface area contributed by atoms with Crippen LogP contribution in [0.1, 0.15) is 23.8 Å². The molecule has 0 aliphatic heterocycles. The zero-order valence-corrected chi connectivity index (χ0v) is 11.7. The molecule has 0 aliphatic rings. The molecule has 1 amide bonds. The van der Waals surface area contributed by atoms with Crippen molar-refractivity contribution in [3.8, 4) is 0 Å². The summed E-state index contributed by atoms with van der Waals surface area (Å²) in [7, 11) is 1.69. The van der Waals surface area contributed by atoms with Gasteiger partial charge in [-0.3, -0.25) is 9.69 Å². The second-order valence-corrected chi connectivity index (χ2v) is 4.39. The molecule has 0 spiro atoms. The highest BCUT2D eigenvalue weighted by Crippen LogP contribution is 2.12. The summed E-state index contributed by atoms with van der Waals surface area (Å²) in [5, 5.41) is 3.17. The molecule has 0 fully saturated rings. The molecule has 0 unspecified atom stereocenters. The third-order valence-corrected chi connectivity index (χ3v) is 2.82. The average Bonchev–Trinajstić information content (AvgIpc) is 2.52. The van der Waals surface area contributed by atoms with Gasteiger partial charge in [-0.05, 0) is 30.7 Å². The van der Waals surface area contributed by atoms with Crippen molar-refractivity contribution in [1.82, 2.24) is 9.97 Å². The number of aromatic nitrogens is 2. The maximum atomic E-state index is 12.4. The number of amides is 1. The van der Waals surface area contributed by atoms with Crippen LogP contribution in [0.5, 0.6) is 0 Å². The lowest BCUT2D eigenvalue weighted by Gasteiger charge is -2.15. The molecule has 2 rings (SSSR count). The zero-order valence-electron chi connectivity index (χ0n) is 11.7. The molecule has 1 N–H and O–H groups in total. The molecule has 0 radical (unpaired) electrons. The maximum absolute atomic E-state index is 12.4. The Morgan fingerprint density at radius 2 is 2.10 bits per heavy atom. The second kappa shape index (κ2) is 6.65. The third kappa shape index (κ3) is 3.32. The highest BCUT2D eigenvalue weighted by molar-refractivity contribution is 6.04. The first kappa shape index (κ1) is 14.0. The molecule has 0 aliphatic carbocycles. The number of carbonyl (C=O) groups excluding carboxylic acids is 1. The van der Waals surface area contributed by atoms with Gasteiger partial charge in [-0.25, -0.2) is 9.97 Å². The standard InChI is InChI=1S/C15H18N4O/c1-3-10-16-13-8-6-7-12(18-13)15(20)19(2)14-9-4-5-11-17-14/h4-9,11H,3,10H2,1-2H3,(H,16,18). The van der Waals surface area contributed by atoms with E-state index in [9.17, 15) is 4.79 Å². The first-order chi connectivity index (χ1) is 9.72. The number of nitrogens with one attached hydrogen (secondary N) is 1. The minimum Gasteiger partial charge on any atom is -0.370 e. The highest BCUT2D eigenvalue weighted by atomic mass is 16.2. The van der Waals surface area contributed by atoms with E-state index in [1.165, 1.54) is 4.90 Å². The fraction of sp³-hybridized carbons (Fsp3) is 0.267. The van der Waals surface area contributed by atoms with Crippen molar-refractivity contribution in [2.45, 2.75) is 13.3 Å². The van der Waals surface area contributed by atoms with Crippen LogP contribution in [0.3, 0.4) is 0 Å². The molecule has 5 nitrogen and oxygen atoms in total. The molecular formula is C15H18N4O. The fourth-order valence-electron chi connectivity index (χ4n) is 1.73. The van der Waals surface area contributed by atoms with E-state index in [1.54, 1.807) is 25.4 Å². The summed E-state index contributed by atoms with van der Waals surface area (Å²) in [6, 6.07) is 10.8. The van der Waals surface area contributed by atoms with Gasteiger partial charge in [0, 0.05) is 19.8 Å². The van der Waals surface area contributed by atoms with E-state index in [-0.39, 0.29) is 5.91 Å². The van der Waals surface area contributed by atoms with E-state index >= 15 is 0 Å². The van der Waals surface area contributed by atoms with Gasteiger partial charge in [0.15, 0.2) is 0 Å². The molecule has 0 aromatic carbocycles. The van der Waals surface area contributed by atoms with Gasteiger partial charge in [-0.2, -0.15) is 0 Å². The van der Waals surface area contributed by atoms with E-state index in [0.717, 1.165) is 13.0 Å². The van der Waals surface area contributed by atoms with Crippen molar-refractivity contribution in [3.05, 3.63) is 48.3 Å². The van der Waals surface area contributed by atoms with Gasteiger partial charge in [0.25, 0.3) is 5.91 Å². The summed E-state index contributed by atoms with van der Waals surface area (Å²) in [4.78, 5) is 22.3. The number of hydrogen-bond donors (Lipinski definition) is 1. The first-order valence-electron chi connectivity index (χ1n) is 6.62. The molecule has 2 heterocycles. The molecule has 0 atom stereocenters. The van der Waals surface area contributed by atoms with Crippen molar-refractivity contribution in [2.75, 3.05) is 23.8 Å². The van der Waals surface area contributed by atoms with Gasteiger partial charge in [-0.15, -0.1) is 0 Å². The molecule has 104 valence electrons. The van der Waals surface area contributed by atoms with Crippen LogP contribution in [-0.2, 0) is 0 Å². The lowest BCUT2D eigenvalue weighted by molar-refractivity contribution is 0.0987. The quantitative estimate of drug-likeness (QED) is 0.907. The van der Waals surface area contributed by atoms with Crippen molar-refractivity contribution in [2.24, 2.45) is 0 Å². The van der Waals surface area contributed by atoms with Gasteiger partial charge in [0.1, 0.15) is 17.3 Å². The predicted octanol–water partition coefficient (Wildman–Crippen LogP) is 2.58. The van der Waals surface area contributed by atoms with Crippen LogP contribution in [0.15, 0.2) is 42.6 Å². The minimum absolute atomic E-state index is 0.177. The minimum atomic E-state index is -0.177. The summed E-state index contributed by atoms with van der Waals surface area (Å²) in [5.41, 5.74) is 0.402. The Hall–Kier alpha value is -2.43. The number of anilines is 2. The number of hydrogen-bond acceptors (Lipinski definition) is 4. The Bertz CT molecular complexity index is 571. The fourth-order valence-corrected chi connectivity index (χ4v) is 1.73. The van der Waals surface area contributed by atoms with Gasteiger partial charge >= 0.3 is 0 Å². The number of carbonyl (C=O) groups is 1. The van der Waals surface area contributed by atoms with Crippen LogP contribution in [0, 0.1) is 0 Å². The van der Waals surface area contributed by atoms with Crippen LogP contribution in [0.2, 0.25) is 0 Å². The highest BCUT2D eigenvalue weighted by Gasteiger charge is 2.15. The van der Waals surface area contributed by atoms with E-state index < -0.39 is 0 Å². The Labute approximate surface area is 118 Å². The molecule has 0 saturated carbocycles. The van der Waals surface area contributed by atoms with Crippen molar-refractivity contribution in [1.29, 1.82) is 0 Å². The average molecular weight is 270 g/mol. The van der Waals surface area contributed by atoms with Crippen LogP contribution in [0.4, 0.5) is 11.6 Å². The topological polar surface area (TPSA) is 58.1 Å². The van der Waals surface area contributed by atoms with Crippen LogP contribution in [0.25, 0.3) is 0 Å². The largest absolute Gasteiger partial charge is 0.370 e. The smallest absolute Gasteiger partial charge is 0.277 e. The van der Waals surface area contributed by atoms with E-state index in [4.69, 9.17) is 0 Å². The molecule has 5 heteroatoms. The summed E-state index contributed by atoms with van der Waals surface area (Å²) in [6.07, 6.45) is 2.67. The molecule has 0 saturated heterocycles. The van der Waals surface area contributed by atoms with E-state index in [2.05, 4.69) is 22.2 Å². The van der Waals surface area contributed by atoms with Crippen molar-refractivity contribution >= 4 is 17.5 Å². The van der Waals surface area contributed by atoms with Crippen molar-refractivity contribution in [3.63, 3.8) is 0 Å². The predicted molar refractivity (Wildman–Crippen MR) is 80.0 cm³/mol. The van der Waals surface area contributed by atoms with Crippen LogP contribution in [-0.4, -0.2) is 29.5 Å². The lowest BCUT2D eigenvalue weighted by atomic mass is 10.3. The monoisotopic (exact) mass is 270 g/mol. The number of rotatable bonds is 5. The lowest BCUT2D eigenvalue weighted by Crippen LogP contribution is -2.28. The molecule has 0 bridgehead atoms. The molecule has 2 aromatic rings. The first-order valence-corrected chi connectivity index (χ1v) is 6.62. The van der Waals surface area contributed by atoms with Crippen LogP contribution < -0.4 is 10.2 Å². The van der Waals surface area contributed by atoms with Crippen LogP contribution >= 0.6 is 0 Å². The van der Waals surface area contributed by atoms with Gasteiger partial charge in [-0.1, -0.05) is 19.1 Å². The summed E-state index contributed by atoms with van der Waals surface area (Å²) < 4.78 is 0. The maximum Gasteiger partial charge on any atom is 0.277 e. The molecule has 20 heavy (non-hydrogen) atoms. The Balaban J connectivity index is 2.16. The molecular weight excluding hydrogens is 252 g/mol. The van der Waals surface area contributed by atoms with E-state index in [0.29, 0.717) is 17.3 Å². The Morgan fingerprint density at radius 3 is 2.80 bits per heavy atom. The Morgan fingerprint density at radius 1 is 1.25 bits per heavy atom. The second-order valence-electron chi connectivity index (χ2n) is 4.39. The number of nitrogens with zero attached hydrogens (tertiary/aromatic N) is 3. The zero-order chi connectivity index (χ0) is 14.4. The normalized spacial score (nSPS) is 10.1. The Kier molecular flexibility index (Phi) is 4.65. The van der Waals surface area contributed by atoms with Gasteiger partial charge in [0.2, 0.25) is 0 Å². The van der Waals surface area contributed by atoms with Gasteiger partial charge < -0.3 is 5.32 Å².